The van der Waals surface area contributed by atoms with E-state index in [1.54, 1.807) is 32.2 Å². The Morgan fingerprint density at radius 1 is 1.25 bits per heavy atom. The highest BCUT2D eigenvalue weighted by Gasteiger charge is 2.16. The van der Waals surface area contributed by atoms with Crippen molar-refractivity contribution in [3.05, 3.63) is 47.1 Å². The molecular weight excluding hydrogens is 298 g/mol. The van der Waals surface area contributed by atoms with E-state index in [9.17, 15) is 8.42 Å². The lowest BCUT2D eigenvalue weighted by Gasteiger charge is -2.12. The maximum Gasteiger partial charge on any atom is 0.262 e. The van der Waals surface area contributed by atoms with E-state index in [0.717, 1.165) is 0 Å². The summed E-state index contributed by atoms with van der Waals surface area (Å²) in [6.45, 7) is 1.76. The zero-order valence-electron chi connectivity index (χ0n) is 11.0. The van der Waals surface area contributed by atoms with Crippen molar-refractivity contribution in [3.8, 4) is 0 Å². The molecule has 1 heterocycles. The fraction of sp³-hybridized carbons (Fsp3) is 0.154. The van der Waals surface area contributed by atoms with Crippen molar-refractivity contribution in [2.45, 2.75) is 11.8 Å². The van der Waals surface area contributed by atoms with Crippen molar-refractivity contribution >= 4 is 33.1 Å². The average molecular weight is 312 g/mol. The highest BCUT2D eigenvalue weighted by Crippen LogP contribution is 2.25. The number of pyridine rings is 1. The zero-order chi connectivity index (χ0) is 14.8. The van der Waals surface area contributed by atoms with E-state index in [2.05, 4.69) is 15.0 Å². The van der Waals surface area contributed by atoms with E-state index in [-0.39, 0.29) is 4.90 Å². The lowest BCUT2D eigenvalue weighted by atomic mass is 10.2. The van der Waals surface area contributed by atoms with E-state index in [0.29, 0.717) is 22.1 Å². The number of nitrogens with one attached hydrogen (secondary N) is 2. The molecule has 0 radical (unpaired) electrons. The highest BCUT2D eigenvalue weighted by molar-refractivity contribution is 7.92. The molecule has 106 valence electrons. The Bertz CT molecular complexity index is 732. The first-order chi connectivity index (χ1) is 9.44. The molecule has 0 atom stereocenters. The number of hydrogen-bond acceptors (Lipinski definition) is 4. The topological polar surface area (TPSA) is 71.1 Å². The minimum atomic E-state index is -3.67. The van der Waals surface area contributed by atoms with Crippen LogP contribution < -0.4 is 10.0 Å². The number of hydrogen-bond donors (Lipinski definition) is 2. The van der Waals surface area contributed by atoms with Crippen LogP contribution in [0.3, 0.4) is 0 Å². The Morgan fingerprint density at radius 3 is 2.70 bits per heavy atom. The molecule has 2 N–H and O–H groups in total. The van der Waals surface area contributed by atoms with E-state index >= 15 is 0 Å². The Kier molecular flexibility index (Phi) is 4.15. The molecule has 0 bridgehead atoms. The average Bonchev–Trinajstić information content (AvgIpc) is 2.44. The summed E-state index contributed by atoms with van der Waals surface area (Å²) in [5.74, 6) is 0.482. The van der Waals surface area contributed by atoms with Gasteiger partial charge in [-0.25, -0.2) is 13.4 Å². The molecule has 20 heavy (non-hydrogen) atoms. The van der Waals surface area contributed by atoms with E-state index in [1.807, 2.05) is 0 Å². The Hall–Kier alpha value is -1.79. The fourth-order valence-electron chi connectivity index (χ4n) is 1.64. The summed E-state index contributed by atoms with van der Waals surface area (Å²) in [7, 11) is -2.00. The van der Waals surface area contributed by atoms with E-state index < -0.39 is 10.0 Å². The third kappa shape index (κ3) is 3.02. The molecule has 1 aromatic heterocycles. The van der Waals surface area contributed by atoms with Crippen LogP contribution in [0.2, 0.25) is 5.02 Å². The first kappa shape index (κ1) is 14.6. The minimum Gasteiger partial charge on any atom is -0.373 e. The Morgan fingerprint density at radius 2 is 2.00 bits per heavy atom. The molecule has 0 aliphatic carbocycles. The van der Waals surface area contributed by atoms with Gasteiger partial charge in [0.2, 0.25) is 0 Å². The lowest BCUT2D eigenvalue weighted by molar-refractivity contribution is 0.601. The number of nitrogens with zero attached hydrogens (tertiary/aromatic N) is 1. The van der Waals surface area contributed by atoms with Gasteiger partial charge in [-0.2, -0.15) is 0 Å². The summed E-state index contributed by atoms with van der Waals surface area (Å²) in [4.78, 5) is 4.12. The molecule has 2 rings (SSSR count). The third-order valence-electron chi connectivity index (χ3n) is 2.81. The van der Waals surface area contributed by atoms with Crippen LogP contribution in [0.5, 0.6) is 0 Å². The molecule has 0 aliphatic rings. The number of aromatic nitrogens is 1. The van der Waals surface area contributed by atoms with Crippen LogP contribution in [0.25, 0.3) is 0 Å². The summed E-state index contributed by atoms with van der Waals surface area (Å²) in [6.07, 6.45) is 1.44. The second-order valence-corrected chi connectivity index (χ2v) is 6.23. The van der Waals surface area contributed by atoms with Crippen LogP contribution in [0.4, 0.5) is 11.5 Å². The van der Waals surface area contributed by atoms with Gasteiger partial charge in [-0.05, 0) is 30.7 Å². The third-order valence-corrected chi connectivity index (χ3v) is 4.58. The first-order valence-electron chi connectivity index (χ1n) is 5.86. The van der Waals surface area contributed by atoms with Crippen LogP contribution in [-0.4, -0.2) is 20.4 Å². The largest absolute Gasteiger partial charge is 0.373 e. The second kappa shape index (κ2) is 5.68. The Balaban J connectivity index is 2.38. The quantitative estimate of drug-likeness (QED) is 0.911. The summed E-state index contributed by atoms with van der Waals surface area (Å²) in [5.41, 5.74) is 1.14. The Labute approximate surface area is 123 Å². The molecule has 1 aromatic carbocycles. The van der Waals surface area contributed by atoms with Crippen molar-refractivity contribution in [1.29, 1.82) is 0 Å². The van der Waals surface area contributed by atoms with Gasteiger partial charge in [0.05, 0.1) is 10.6 Å². The number of rotatable bonds is 4. The van der Waals surface area contributed by atoms with Crippen LogP contribution in [0, 0.1) is 6.92 Å². The highest BCUT2D eigenvalue weighted by atomic mass is 35.5. The molecule has 0 aliphatic heterocycles. The van der Waals surface area contributed by atoms with Gasteiger partial charge in [0, 0.05) is 24.3 Å². The lowest BCUT2D eigenvalue weighted by Crippen LogP contribution is -2.14. The van der Waals surface area contributed by atoms with Crippen LogP contribution >= 0.6 is 11.6 Å². The molecule has 5 nitrogen and oxygen atoms in total. The van der Waals surface area contributed by atoms with Crippen LogP contribution in [0.15, 0.2) is 41.4 Å². The van der Waals surface area contributed by atoms with Crippen molar-refractivity contribution < 1.29 is 8.42 Å². The number of sulfonamides is 1. The molecule has 0 fully saturated rings. The SMILES string of the molecule is CNc1cc(S(=O)(=O)Nc2cccc(Cl)c2C)ccn1. The maximum atomic E-state index is 12.3. The second-order valence-electron chi connectivity index (χ2n) is 4.14. The molecule has 0 spiro atoms. The van der Waals surface area contributed by atoms with Gasteiger partial charge in [0.15, 0.2) is 0 Å². The van der Waals surface area contributed by atoms with Crippen molar-refractivity contribution in [1.82, 2.24) is 4.98 Å². The van der Waals surface area contributed by atoms with Gasteiger partial charge in [-0.15, -0.1) is 0 Å². The molecular formula is C13H14ClN3O2S. The maximum absolute atomic E-state index is 12.3. The van der Waals surface area contributed by atoms with Gasteiger partial charge in [-0.3, -0.25) is 4.72 Å². The fourth-order valence-corrected chi connectivity index (χ4v) is 2.95. The number of benzene rings is 1. The van der Waals surface area contributed by atoms with Gasteiger partial charge in [0.1, 0.15) is 5.82 Å². The number of anilines is 2. The number of halogens is 1. The first-order valence-corrected chi connectivity index (χ1v) is 7.72. The zero-order valence-corrected chi connectivity index (χ0v) is 12.6. The normalized spacial score (nSPS) is 11.2. The standard InChI is InChI=1S/C13H14ClN3O2S/c1-9-11(14)4-3-5-12(9)17-20(18,19)10-6-7-16-13(8-10)15-2/h3-8,17H,1-2H3,(H,15,16). The monoisotopic (exact) mass is 311 g/mol. The van der Waals surface area contributed by atoms with E-state index in [4.69, 9.17) is 11.6 Å². The van der Waals surface area contributed by atoms with Gasteiger partial charge < -0.3 is 5.32 Å². The molecule has 0 amide bonds. The van der Waals surface area contributed by atoms with Crippen molar-refractivity contribution in [2.24, 2.45) is 0 Å². The summed E-state index contributed by atoms with van der Waals surface area (Å²) in [5, 5.41) is 3.31. The smallest absolute Gasteiger partial charge is 0.262 e. The predicted molar refractivity (Wildman–Crippen MR) is 80.8 cm³/mol. The van der Waals surface area contributed by atoms with Crippen LogP contribution in [0.1, 0.15) is 5.56 Å². The van der Waals surface area contributed by atoms with Crippen LogP contribution in [-0.2, 0) is 10.0 Å². The molecule has 7 heteroatoms. The van der Waals surface area contributed by atoms with E-state index in [1.165, 1.54) is 18.3 Å². The molecule has 0 saturated heterocycles. The van der Waals surface area contributed by atoms with Crippen molar-refractivity contribution in [2.75, 3.05) is 17.1 Å². The molecule has 0 unspecified atom stereocenters. The van der Waals surface area contributed by atoms with Gasteiger partial charge >= 0.3 is 0 Å². The predicted octanol–water partition coefficient (Wildman–Crippen LogP) is 2.89. The van der Waals surface area contributed by atoms with Gasteiger partial charge in [-0.1, -0.05) is 17.7 Å². The summed E-state index contributed by atoms with van der Waals surface area (Å²) in [6, 6.07) is 7.96. The van der Waals surface area contributed by atoms with Gasteiger partial charge in [0.25, 0.3) is 10.0 Å². The summed E-state index contributed by atoms with van der Waals surface area (Å²) >= 11 is 5.98. The molecule has 0 saturated carbocycles. The summed E-state index contributed by atoms with van der Waals surface area (Å²) < 4.78 is 27.2. The molecule has 2 aromatic rings. The minimum absolute atomic E-state index is 0.135. The van der Waals surface area contributed by atoms with Crippen molar-refractivity contribution in [3.63, 3.8) is 0 Å².